The second kappa shape index (κ2) is 5.78. The Morgan fingerprint density at radius 2 is 2.06 bits per heavy atom. The van der Waals surface area contributed by atoms with Gasteiger partial charge in [0, 0.05) is 16.6 Å². The van der Waals surface area contributed by atoms with Crippen LogP contribution in [0.15, 0.2) is 22.7 Å². The third-order valence-electron chi connectivity index (χ3n) is 3.10. The first-order valence-electron chi connectivity index (χ1n) is 5.77. The van der Waals surface area contributed by atoms with Crippen molar-refractivity contribution in [3.8, 4) is 0 Å². The fraction of sp³-hybridized carbons (Fsp3) is 0.538. The summed E-state index contributed by atoms with van der Waals surface area (Å²) in [5.74, 6) is 0.499. The molecule has 0 heterocycles. The Balaban J connectivity index is 1.80. The SMILES string of the molecule is Fc1cc(Br)ccc1COCC1CCCC1. The van der Waals surface area contributed by atoms with Crippen LogP contribution in [0, 0.1) is 11.7 Å². The third-order valence-corrected chi connectivity index (χ3v) is 3.59. The van der Waals surface area contributed by atoms with Gasteiger partial charge in [0.15, 0.2) is 0 Å². The molecule has 1 aromatic carbocycles. The summed E-state index contributed by atoms with van der Waals surface area (Å²) in [6.07, 6.45) is 5.17. The first-order valence-corrected chi connectivity index (χ1v) is 6.56. The molecule has 0 atom stereocenters. The van der Waals surface area contributed by atoms with E-state index in [4.69, 9.17) is 4.74 Å². The molecule has 0 N–H and O–H groups in total. The monoisotopic (exact) mass is 286 g/mol. The molecule has 1 nitrogen and oxygen atoms in total. The van der Waals surface area contributed by atoms with Crippen molar-refractivity contribution in [3.63, 3.8) is 0 Å². The zero-order valence-electron chi connectivity index (χ0n) is 9.22. The second-order valence-electron chi connectivity index (χ2n) is 4.40. The fourth-order valence-corrected chi connectivity index (χ4v) is 2.48. The molecular formula is C13H16BrFO. The average Bonchev–Trinajstić information content (AvgIpc) is 2.74. The predicted octanol–water partition coefficient (Wildman–Crippen LogP) is 4.30. The van der Waals surface area contributed by atoms with Crippen molar-refractivity contribution in [2.24, 2.45) is 5.92 Å². The molecule has 1 aliphatic carbocycles. The summed E-state index contributed by atoms with van der Waals surface area (Å²) >= 11 is 3.24. The molecule has 1 saturated carbocycles. The van der Waals surface area contributed by atoms with E-state index in [1.54, 1.807) is 6.07 Å². The Morgan fingerprint density at radius 3 is 2.75 bits per heavy atom. The largest absolute Gasteiger partial charge is 0.376 e. The van der Waals surface area contributed by atoms with Gasteiger partial charge in [0.1, 0.15) is 5.82 Å². The van der Waals surface area contributed by atoms with Gasteiger partial charge in [-0.15, -0.1) is 0 Å². The molecule has 0 saturated heterocycles. The zero-order valence-corrected chi connectivity index (χ0v) is 10.8. The lowest BCUT2D eigenvalue weighted by Crippen LogP contribution is -2.06. The van der Waals surface area contributed by atoms with Gasteiger partial charge in [0.25, 0.3) is 0 Å². The topological polar surface area (TPSA) is 9.23 Å². The molecule has 0 amide bonds. The van der Waals surface area contributed by atoms with E-state index >= 15 is 0 Å². The summed E-state index contributed by atoms with van der Waals surface area (Å²) in [5.41, 5.74) is 0.640. The van der Waals surface area contributed by atoms with Crippen LogP contribution in [-0.4, -0.2) is 6.61 Å². The van der Waals surface area contributed by atoms with Gasteiger partial charge in [0.2, 0.25) is 0 Å². The lowest BCUT2D eigenvalue weighted by Gasteiger charge is -2.10. The standard InChI is InChI=1S/C13H16BrFO/c14-12-6-5-11(13(15)7-12)9-16-8-10-3-1-2-4-10/h5-7,10H,1-4,8-9H2. The molecule has 0 bridgehead atoms. The van der Waals surface area contributed by atoms with Gasteiger partial charge in [-0.25, -0.2) is 4.39 Å². The zero-order chi connectivity index (χ0) is 11.4. The minimum Gasteiger partial charge on any atom is -0.376 e. The van der Waals surface area contributed by atoms with Crippen molar-refractivity contribution in [1.82, 2.24) is 0 Å². The van der Waals surface area contributed by atoms with Gasteiger partial charge >= 0.3 is 0 Å². The van der Waals surface area contributed by atoms with E-state index in [9.17, 15) is 4.39 Å². The quantitative estimate of drug-likeness (QED) is 0.802. The van der Waals surface area contributed by atoms with Crippen molar-refractivity contribution in [1.29, 1.82) is 0 Å². The van der Waals surface area contributed by atoms with Gasteiger partial charge < -0.3 is 4.74 Å². The minimum absolute atomic E-state index is 0.194. The smallest absolute Gasteiger partial charge is 0.129 e. The van der Waals surface area contributed by atoms with Crippen molar-refractivity contribution in [3.05, 3.63) is 34.1 Å². The van der Waals surface area contributed by atoms with Crippen molar-refractivity contribution >= 4 is 15.9 Å². The van der Waals surface area contributed by atoms with Crippen LogP contribution in [0.5, 0.6) is 0 Å². The molecule has 3 heteroatoms. The Kier molecular flexibility index (Phi) is 4.36. The summed E-state index contributed by atoms with van der Waals surface area (Å²) in [6, 6.07) is 5.10. The predicted molar refractivity (Wildman–Crippen MR) is 65.7 cm³/mol. The molecule has 0 unspecified atom stereocenters. The molecule has 1 aromatic rings. The van der Waals surface area contributed by atoms with Crippen LogP contribution < -0.4 is 0 Å². The van der Waals surface area contributed by atoms with Crippen LogP contribution in [0.3, 0.4) is 0 Å². The highest BCUT2D eigenvalue weighted by molar-refractivity contribution is 9.10. The molecule has 0 radical (unpaired) electrons. The van der Waals surface area contributed by atoms with E-state index in [-0.39, 0.29) is 5.82 Å². The maximum absolute atomic E-state index is 13.4. The molecular weight excluding hydrogens is 271 g/mol. The third kappa shape index (κ3) is 3.29. The summed E-state index contributed by atoms with van der Waals surface area (Å²) in [6.45, 7) is 1.16. The lowest BCUT2D eigenvalue weighted by atomic mass is 10.1. The Hall–Kier alpha value is -0.410. The van der Waals surface area contributed by atoms with Crippen molar-refractivity contribution in [2.75, 3.05) is 6.61 Å². The van der Waals surface area contributed by atoms with Gasteiger partial charge in [-0.1, -0.05) is 34.8 Å². The highest BCUT2D eigenvalue weighted by Crippen LogP contribution is 2.25. The number of benzene rings is 1. The fourth-order valence-electron chi connectivity index (χ4n) is 2.15. The Morgan fingerprint density at radius 1 is 1.31 bits per heavy atom. The minimum atomic E-state index is -0.194. The first-order chi connectivity index (χ1) is 7.75. The van der Waals surface area contributed by atoms with Gasteiger partial charge in [0.05, 0.1) is 6.61 Å². The van der Waals surface area contributed by atoms with Crippen molar-refractivity contribution < 1.29 is 9.13 Å². The van der Waals surface area contributed by atoms with E-state index in [2.05, 4.69) is 15.9 Å². The number of hydrogen-bond donors (Lipinski definition) is 0. The molecule has 16 heavy (non-hydrogen) atoms. The highest BCUT2D eigenvalue weighted by Gasteiger charge is 2.15. The van der Waals surface area contributed by atoms with Crippen LogP contribution in [-0.2, 0) is 11.3 Å². The van der Waals surface area contributed by atoms with Crippen LogP contribution in [0.25, 0.3) is 0 Å². The maximum atomic E-state index is 13.4. The lowest BCUT2D eigenvalue weighted by molar-refractivity contribution is 0.0870. The molecule has 88 valence electrons. The highest BCUT2D eigenvalue weighted by atomic mass is 79.9. The van der Waals surface area contributed by atoms with Crippen LogP contribution in [0.1, 0.15) is 31.2 Å². The molecule has 0 aromatic heterocycles. The summed E-state index contributed by atoms with van der Waals surface area (Å²) < 4.78 is 19.8. The van der Waals surface area contributed by atoms with Crippen LogP contribution in [0.4, 0.5) is 4.39 Å². The van der Waals surface area contributed by atoms with Crippen LogP contribution in [0.2, 0.25) is 0 Å². The second-order valence-corrected chi connectivity index (χ2v) is 5.32. The van der Waals surface area contributed by atoms with Crippen molar-refractivity contribution in [2.45, 2.75) is 32.3 Å². The van der Waals surface area contributed by atoms with E-state index < -0.39 is 0 Å². The van der Waals surface area contributed by atoms with Crippen LogP contribution >= 0.6 is 15.9 Å². The van der Waals surface area contributed by atoms with E-state index in [1.165, 1.54) is 31.7 Å². The molecule has 0 spiro atoms. The van der Waals surface area contributed by atoms with E-state index in [0.717, 1.165) is 11.1 Å². The molecule has 1 aliphatic rings. The molecule has 2 rings (SSSR count). The Bertz CT molecular complexity index is 348. The summed E-state index contributed by atoms with van der Waals surface area (Å²) in [7, 11) is 0. The molecule has 0 aliphatic heterocycles. The summed E-state index contributed by atoms with van der Waals surface area (Å²) in [5, 5.41) is 0. The summed E-state index contributed by atoms with van der Waals surface area (Å²) in [4.78, 5) is 0. The maximum Gasteiger partial charge on any atom is 0.129 e. The average molecular weight is 287 g/mol. The van der Waals surface area contributed by atoms with Gasteiger partial charge in [-0.2, -0.15) is 0 Å². The van der Waals surface area contributed by atoms with Gasteiger partial charge in [-0.3, -0.25) is 0 Å². The van der Waals surface area contributed by atoms with E-state index in [0.29, 0.717) is 18.1 Å². The number of hydrogen-bond acceptors (Lipinski definition) is 1. The number of halogens is 2. The Labute approximate surface area is 104 Å². The molecule has 1 fully saturated rings. The first kappa shape index (κ1) is 12.1. The number of ether oxygens (including phenoxy) is 1. The number of rotatable bonds is 4. The van der Waals surface area contributed by atoms with E-state index in [1.807, 2.05) is 6.07 Å². The normalized spacial score (nSPS) is 16.9. The van der Waals surface area contributed by atoms with Gasteiger partial charge in [-0.05, 0) is 30.9 Å².